The highest BCUT2D eigenvalue weighted by molar-refractivity contribution is 5.96. The van der Waals surface area contributed by atoms with Crippen LogP contribution in [0.4, 0.5) is 11.4 Å². The average molecular weight is 368 g/mol. The zero-order chi connectivity index (χ0) is 19.1. The molecule has 0 atom stereocenters. The normalized spacial score (nSPS) is 12.9. The summed E-state index contributed by atoms with van der Waals surface area (Å²) in [5, 5.41) is 3.14. The van der Waals surface area contributed by atoms with Crippen LogP contribution in [0.15, 0.2) is 48.5 Å². The fraction of sp³-hybridized carbons (Fsp3) is 0.333. The molecule has 0 saturated carbocycles. The van der Waals surface area contributed by atoms with E-state index in [1.54, 1.807) is 12.0 Å². The summed E-state index contributed by atoms with van der Waals surface area (Å²) in [6.45, 7) is 0.824. The molecule has 6 nitrogen and oxygen atoms in total. The van der Waals surface area contributed by atoms with E-state index in [0.717, 1.165) is 29.8 Å². The second-order valence-corrected chi connectivity index (χ2v) is 6.32. The number of hydrogen-bond acceptors (Lipinski definition) is 5. The molecule has 0 bridgehead atoms. The van der Waals surface area contributed by atoms with E-state index >= 15 is 0 Å². The first kappa shape index (κ1) is 18.8. The third-order valence-electron chi connectivity index (χ3n) is 4.52. The molecule has 6 heteroatoms. The van der Waals surface area contributed by atoms with Crippen molar-refractivity contribution in [1.29, 1.82) is 0 Å². The molecule has 27 heavy (non-hydrogen) atoms. The fourth-order valence-corrected chi connectivity index (χ4v) is 3.17. The molecule has 0 fully saturated rings. The fourth-order valence-electron chi connectivity index (χ4n) is 3.17. The van der Waals surface area contributed by atoms with Gasteiger partial charge >= 0.3 is 5.97 Å². The van der Waals surface area contributed by atoms with Crippen LogP contribution in [-0.2, 0) is 20.7 Å². The molecule has 0 spiro atoms. The Morgan fingerprint density at radius 3 is 2.74 bits per heavy atom. The van der Waals surface area contributed by atoms with Gasteiger partial charge in [0.15, 0.2) is 6.61 Å². The summed E-state index contributed by atoms with van der Waals surface area (Å²) in [6, 6.07) is 15.3. The number of carbonyl (C=O) groups is 2. The molecule has 2 aromatic rings. The van der Waals surface area contributed by atoms with Crippen LogP contribution in [0.1, 0.15) is 18.4 Å². The monoisotopic (exact) mass is 368 g/mol. The minimum Gasteiger partial charge on any atom is -0.495 e. The largest absolute Gasteiger partial charge is 0.495 e. The van der Waals surface area contributed by atoms with Crippen LogP contribution in [0.2, 0.25) is 0 Å². The quantitative estimate of drug-likeness (QED) is 0.761. The van der Waals surface area contributed by atoms with Crippen molar-refractivity contribution in [2.24, 2.45) is 0 Å². The molecule has 2 aromatic carbocycles. The second kappa shape index (κ2) is 9.07. The highest BCUT2D eigenvalue weighted by Crippen LogP contribution is 2.26. The van der Waals surface area contributed by atoms with Gasteiger partial charge in [0.25, 0.3) is 5.91 Å². The van der Waals surface area contributed by atoms with Gasteiger partial charge in [0, 0.05) is 18.8 Å². The van der Waals surface area contributed by atoms with E-state index in [0.29, 0.717) is 18.8 Å². The van der Waals surface area contributed by atoms with Gasteiger partial charge in [-0.15, -0.1) is 0 Å². The van der Waals surface area contributed by atoms with E-state index in [9.17, 15) is 9.59 Å². The second-order valence-electron chi connectivity index (χ2n) is 6.32. The van der Waals surface area contributed by atoms with E-state index in [4.69, 9.17) is 9.47 Å². The molecular weight excluding hydrogens is 344 g/mol. The zero-order valence-electron chi connectivity index (χ0n) is 15.4. The van der Waals surface area contributed by atoms with Gasteiger partial charge in [-0.05, 0) is 36.6 Å². The van der Waals surface area contributed by atoms with E-state index in [1.807, 2.05) is 48.5 Å². The number of esters is 1. The Morgan fingerprint density at radius 2 is 1.89 bits per heavy atom. The van der Waals surface area contributed by atoms with Crippen LogP contribution in [0.25, 0.3) is 0 Å². The summed E-state index contributed by atoms with van der Waals surface area (Å²) in [5.74, 6) is 0.119. The van der Waals surface area contributed by atoms with Crippen molar-refractivity contribution in [3.05, 3.63) is 54.1 Å². The highest BCUT2D eigenvalue weighted by Gasteiger charge is 2.22. The van der Waals surface area contributed by atoms with Gasteiger partial charge in [-0.1, -0.05) is 30.3 Å². The van der Waals surface area contributed by atoms with Gasteiger partial charge in [0.1, 0.15) is 5.75 Å². The van der Waals surface area contributed by atoms with Crippen LogP contribution in [-0.4, -0.2) is 38.7 Å². The average Bonchev–Trinajstić information content (AvgIpc) is 2.72. The van der Waals surface area contributed by atoms with Gasteiger partial charge in [-0.2, -0.15) is 0 Å². The van der Waals surface area contributed by atoms with Crippen molar-refractivity contribution in [2.75, 3.05) is 37.0 Å². The minimum atomic E-state index is -0.406. The smallest absolute Gasteiger partial charge is 0.308 e. The summed E-state index contributed by atoms with van der Waals surface area (Å²) >= 11 is 0. The van der Waals surface area contributed by atoms with Crippen molar-refractivity contribution in [3.8, 4) is 5.75 Å². The Bertz CT molecular complexity index is 806. The predicted molar refractivity (Wildman–Crippen MR) is 104 cm³/mol. The number of ether oxygens (including phenoxy) is 2. The lowest BCUT2D eigenvalue weighted by Gasteiger charge is -2.29. The van der Waals surface area contributed by atoms with Gasteiger partial charge in [0.2, 0.25) is 0 Å². The molecule has 1 amide bonds. The van der Waals surface area contributed by atoms with Gasteiger partial charge in [-0.3, -0.25) is 9.59 Å². The maximum Gasteiger partial charge on any atom is 0.308 e. The van der Waals surface area contributed by atoms with Gasteiger partial charge < -0.3 is 19.7 Å². The Labute approximate surface area is 159 Å². The molecule has 0 unspecified atom stereocenters. The van der Waals surface area contributed by atoms with Crippen LogP contribution < -0.4 is 15.0 Å². The first-order chi connectivity index (χ1) is 13.2. The third kappa shape index (κ3) is 4.78. The summed E-state index contributed by atoms with van der Waals surface area (Å²) < 4.78 is 10.4. The lowest BCUT2D eigenvalue weighted by atomic mass is 10.0. The summed E-state index contributed by atoms with van der Waals surface area (Å²) in [4.78, 5) is 26.1. The molecule has 142 valence electrons. The number of amides is 1. The van der Waals surface area contributed by atoms with Gasteiger partial charge in [0.05, 0.1) is 19.2 Å². The number of methoxy groups -OCH3 is 1. The maximum absolute atomic E-state index is 12.5. The molecule has 0 aromatic heterocycles. The third-order valence-corrected chi connectivity index (χ3v) is 4.52. The number of carbonyl (C=O) groups excluding carboxylic acids is 2. The van der Waals surface area contributed by atoms with Crippen LogP contribution in [0.5, 0.6) is 5.75 Å². The number of hydrogen-bond donors (Lipinski definition) is 1. The summed E-state index contributed by atoms with van der Waals surface area (Å²) in [5.41, 5.74) is 2.89. The molecule has 0 aliphatic carbocycles. The van der Waals surface area contributed by atoms with Gasteiger partial charge in [-0.25, -0.2) is 0 Å². The first-order valence-corrected chi connectivity index (χ1v) is 9.10. The lowest BCUT2D eigenvalue weighted by Crippen LogP contribution is -2.38. The molecule has 3 rings (SSSR count). The highest BCUT2D eigenvalue weighted by atomic mass is 16.5. The topological polar surface area (TPSA) is 67.9 Å². The Hall–Kier alpha value is -3.02. The Morgan fingerprint density at radius 1 is 1.11 bits per heavy atom. The van der Waals surface area contributed by atoms with E-state index in [-0.39, 0.29) is 18.9 Å². The van der Waals surface area contributed by atoms with Crippen molar-refractivity contribution in [1.82, 2.24) is 0 Å². The number of anilines is 2. The predicted octanol–water partition coefficient (Wildman–Crippen LogP) is 3.02. The molecule has 0 saturated heterocycles. The summed E-state index contributed by atoms with van der Waals surface area (Å²) in [7, 11) is 1.60. The van der Waals surface area contributed by atoms with E-state index < -0.39 is 5.97 Å². The SMILES string of the molecule is COc1ccccc1NCCC(=O)OCC(=O)N1CCCc2ccccc21. The van der Waals surface area contributed by atoms with Crippen molar-refractivity contribution in [2.45, 2.75) is 19.3 Å². The van der Waals surface area contributed by atoms with Crippen LogP contribution in [0, 0.1) is 0 Å². The first-order valence-electron chi connectivity index (χ1n) is 9.10. The van der Waals surface area contributed by atoms with Crippen LogP contribution in [0.3, 0.4) is 0 Å². The molecule has 1 N–H and O–H groups in total. The molecular formula is C21H24N2O4. The zero-order valence-corrected chi connectivity index (χ0v) is 15.4. The number of nitrogens with one attached hydrogen (secondary N) is 1. The van der Waals surface area contributed by atoms with E-state index in [2.05, 4.69) is 5.32 Å². The summed E-state index contributed by atoms with van der Waals surface area (Å²) in [6.07, 6.45) is 2.05. The van der Waals surface area contributed by atoms with Crippen molar-refractivity contribution >= 4 is 23.3 Å². The number of para-hydroxylation sites is 3. The lowest BCUT2D eigenvalue weighted by molar-refractivity contribution is -0.147. The standard InChI is InChI=1S/C21H24N2O4/c1-26-19-11-5-3-9-17(19)22-13-12-21(25)27-15-20(24)23-14-6-8-16-7-2-4-10-18(16)23/h2-5,7,9-11,22H,6,8,12-15H2,1H3. The Balaban J connectivity index is 1.45. The molecule has 1 heterocycles. The molecule has 1 aliphatic rings. The number of fused-ring (bicyclic) bond motifs is 1. The molecule has 1 aliphatic heterocycles. The molecule has 0 radical (unpaired) electrons. The number of rotatable bonds is 7. The van der Waals surface area contributed by atoms with Crippen LogP contribution >= 0.6 is 0 Å². The van der Waals surface area contributed by atoms with Crippen molar-refractivity contribution in [3.63, 3.8) is 0 Å². The van der Waals surface area contributed by atoms with Crippen molar-refractivity contribution < 1.29 is 19.1 Å². The number of nitrogens with zero attached hydrogens (tertiary/aromatic N) is 1. The van der Waals surface area contributed by atoms with E-state index in [1.165, 1.54) is 0 Å². The number of benzene rings is 2. The number of aryl methyl sites for hydroxylation is 1. The minimum absolute atomic E-state index is 0.169. The maximum atomic E-state index is 12.5. The Kier molecular flexibility index (Phi) is 6.30.